The summed E-state index contributed by atoms with van der Waals surface area (Å²) in [6.45, 7) is 0. The molecule has 0 heterocycles. The Bertz CT molecular complexity index is 976. The quantitative estimate of drug-likeness (QED) is 0.500. The van der Waals surface area contributed by atoms with Crippen LogP contribution in [0.3, 0.4) is 0 Å². The zero-order chi connectivity index (χ0) is 18.7. The lowest BCUT2D eigenvalue weighted by Crippen LogP contribution is -2.13. The van der Waals surface area contributed by atoms with E-state index in [1.165, 1.54) is 0 Å². The summed E-state index contributed by atoms with van der Waals surface area (Å²) in [6, 6.07) is 18.3. The number of anilines is 1. The second-order valence-electron chi connectivity index (χ2n) is 5.44. The number of nitrogens with one attached hydrogen (secondary N) is 1. The highest BCUT2D eigenvalue weighted by Crippen LogP contribution is 2.27. The van der Waals surface area contributed by atoms with Gasteiger partial charge in [-0.1, -0.05) is 54.1 Å². The largest absolute Gasteiger partial charge is 0.322 e. The highest BCUT2D eigenvalue weighted by molar-refractivity contribution is 6.34. The molecule has 1 N–H and O–H groups in total. The lowest BCUT2D eigenvalue weighted by Gasteiger charge is -2.08. The van der Waals surface area contributed by atoms with Gasteiger partial charge < -0.3 is 5.32 Å². The van der Waals surface area contributed by atoms with Crippen molar-refractivity contribution in [3.63, 3.8) is 0 Å². The van der Waals surface area contributed by atoms with E-state index in [1.54, 1.807) is 12.1 Å². The van der Waals surface area contributed by atoms with E-state index in [0.29, 0.717) is 5.69 Å². The second kappa shape index (κ2) is 7.33. The SMILES string of the molecule is O=C(Nc1ccc(-c2ccccc2)cc1)c1cc([N+](=O)[O-])c(F)cc1Cl. The fourth-order valence-electron chi connectivity index (χ4n) is 2.43. The van der Waals surface area contributed by atoms with E-state index >= 15 is 0 Å². The first kappa shape index (κ1) is 17.6. The standard InChI is InChI=1S/C19H12ClFN2O3/c20-16-11-17(21)18(23(25)26)10-15(16)19(24)22-14-8-6-13(7-9-14)12-4-2-1-3-5-12/h1-11H,(H,22,24). The molecule has 0 saturated heterocycles. The van der Waals surface area contributed by atoms with E-state index in [0.717, 1.165) is 23.3 Å². The molecule has 0 aromatic heterocycles. The Labute approximate surface area is 153 Å². The molecule has 5 nitrogen and oxygen atoms in total. The van der Waals surface area contributed by atoms with Gasteiger partial charge in [-0.2, -0.15) is 4.39 Å². The fraction of sp³-hybridized carbons (Fsp3) is 0. The summed E-state index contributed by atoms with van der Waals surface area (Å²) in [6.07, 6.45) is 0. The molecule has 0 unspecified atom stereocenters. The number of hydrogen-bond donors (Lipinski definition) is 1. The van der Waals surface area contributed by atoms with Crippen LogP contribution < -0.4 is 5.32 Å². The Morgan fingerprint density at radius 1 is 1.00 bits per heavy atom. The molecule has 0 fully saturated rings. The lowest BCUT2D eigenvalue weighted by molar-refractivity contribution is -0.387. The number of benzene rings is 3. The van der Waals surface area contributed by atoms with Crippen molar-refractivity contribution in [1.82, 2.24) is 0 Å². The van der Waals surface area contributed by atoms with Crippen molar-refractivity contribution in [2.45, 2.75) is 0 Å². The topological polar surface area (TPSA) is 72.2 Å². The minimum absolute atomic E-state index is 0.174. The monoisotopic (exact) mass is 370 g/mol. The molecule has 3 rings (SSSR count). The number of carbonyl (C=O) groups is 1. The van der Waals surface area contributed by atoms with Gasteiger partial charge in [-0.25, -0.2) is 0 Å². The first-order valence-electron chi connectivity index (χ1n) is 7.56. The summed E-state index contributed by atoms with van der Waals surface area (Å²) in [5.41, 5.74) is 1.50. The van der Waals surface area contributed by atoms with Gasteiger partial charge in [-0.3, -0.25) is 14.9 Å². The zero-order valence-electron chi connectivity index (χ0n) is 13.3. The van der Waals surface area contributed by atoms with E-state index in [1.807, 2.05) is 42.5 Å². The van der Waals surface area contributed by atoms with Gasteiger partial charge in [0.15, 0.2) is 0 Å². The third kappa shape index (κ3) is 3.70. The molecule has 0 atom stereocenters. The van der Waals surface area contributed by atoms with Gasteiger partial charge in [-0.05, 0) is 23.3 Å². The molecule has 0 aliphatic heterocycles. The normalized spacial score (nSPS) is 10.4. The summed E-state index contributed by atoms with van der Waals surface area (Å²) in [4.78, 5) is 22.3. The highest BCUT2D eigenvalue weighted by atomic mass is 35.5. The average Bonchev–Trinajstić information content (AvgIpc) is 2.62. The molecule has 0 saturated carbocycles. The van der Waals surface area contributed by atoms with Crippen LogP contribution in [0.15, 0.2) is 66.7 Å². The Kier molecular flexibility index (Phi) is 4.95. The molecule has 0 bridgehead atoms. The Morgan fingerprint density at radius 2 is 1.62 bits per heavy atom. The highest BCUT2D eigenvalue weighted by Gasteiger charge is 2.21. The third-order valence-electron chi connectivity index (χ3n) is 3.73. The molecule has 3 aromatic rings. The Hall–Kier alpha value is -3.25. The summed E-state index contributed by atoms with van der Waals surface area (Å²) in [5, 5.41) is 13.2. The average molecular weight is 371 g/mol. The van der Waals surface area contributed by atoms with Crippen molar-refractivity contribution in [3.05, 3.63) is 93.2 Å². The zero-order valence-corrected chi connectivity index (χ0v) is 14.0. The van der Waals surface area contributed by atoms with Crippen molar-refractivity contribution in [2.75, 3.05) is 5.32 Å². The van der Waals surface area contributed by atoms with Crippen LogP contribution in [0.4, 0.5) is 15.8 Å². The summed E-state index contributed by atoms with van der Waals surface area (Å²) in [7, 11) is 0. The van der Waals surface area contributed by atoms with Crippen molar-refractivity contribution in [2.24, 2.45) is 0 Å². The molecule has 130 valence electrons. The number of nitrogens with zero attached hydrogens (tertiary/aromatic N) is 1. The van der Waals surface area contributed by atoms with Gasteiger partial charge in [0.1, 0.15) is 0 Å². The van der Waals surface area contributed by atoms with Crippen molar-refractivity contribution < 1.29 is 14.1 Å². The Morgan fingerprint density at radius 3 is 2.23 bits per heavy atom. The first-order chi connectivity index (χ1) is 12.5. The maximum atomic E-state index is 13.5. The van der Waals surface area contributed by atoms with Crippen LogP contribution in [-0.4, -0.2) is 10.8 Å². The van der Waals surface area contributed by atoms with E-state index < -0.39 is 22.3 Å². The van der Waals surface area contributed by atoms with Gasteiger partial charge >= 0.3 is 5.69 Å². The summed E-state index contributed by atoms with van der Waals surface area (Å²) >= 11 is 5.85. The van der Waals surface area contributed by atoms with Gasteiger partial charge in [0.05, 0.1) is 15.5 Å². The first-order valence-corrected chi connectivity index (χ1v) is 7.94. The van der Waals surface area contributed by atoms with Gasteiger partial charge in [-0.15, -0.1) is 0 Å². The van der Waals surface area contributed by atoms with E-state index in [2.05, 4.69) is 5.32 Å². The van der Waals surface area contributed by atoms with E-state index in [-0.39, 0.29) is 10.6 Å². The van der Waals surface area contributed by atoms with Crippen molar-refractivity contribution in [1.29, 1.82) is 0 Å². The van der Waals surface area contributed by atoms with Crippen LogP contribution in [0.2, 0.25) is 5.02 Å². The predicted molar refractivity (Wildman–Crippen MR) is 97.9 cm³/mol. The number of halogens is 2. The molecule has 7 heteroatoms. The maximum absolute atomic E-state index is 13.5. The van der Waals surface area contributed by atoms with Crippen molar-refractivity contribution >= 4 is 28.9 Å². The molecule has 0 aliphatic carbocycles. The van der Waals surface area contributed by atoms with Gasteiger partial charge in [0.2, 0.25) is 5.82 Å². The lowest BCUT2D eigenvalue weighted by atomic mass is 10.1. The van der Waals surface area contributed by atoms with Crippen molar-refractivity contribution in [3.8, 4) is 11.1 Å². The number of nitro groups is 1. The van der Waals surface area contributed by atoms with Crippen LogP contribution in [0, 0.1) is 15.9 Å². The van der Waals surface area contributed by atoms with E-state index in [4.69, 9.17) is 11.6 Å². The van der Waals surface area contributed by atoms with Crippen LogP contribution in [0.25, 0.3) is 11.1 Å². The molecule has 3 aromatic carbocycles. The fourth-order valence-corrected chi connectivity index (χ4v) is 2.66. The molecule has 1 amide bonds. The number of rotatable bonds is 4. The number of hydrogen-bond acceptors (Lipinski definition) is 3. The van der Waals surface area contributed by atoms with Gasteiger partial charge in [0.25, 0.3) is 5.91 Å². The Balaban J connectivity index is 1.82. The van der Waals surface area contributed by atoms with Crippen LogP contribution in [-0.2, 0) is 0 Å². The second-order valence-corrected chi connectivity index (χ2v) is 5.85. The molecular formula is C19H12ClFN2O3. The molecule has 26 heavy (non-hydrogen) atoms. The smallest absolute Gasteiger partial charge is 0.305 e. The molecule has 0 aliphatic rings. The van der Waals surface area contributed by atoms with Crippen LogP contribution in [0.5, 0.6) is 0 Å². The minimum atomic E-state index is -1.09. The maximum Gasteiger partial charge on any atom is 0.305 e. The summed E-state index contributed by atoms with van der Waals surface area (Å²) < 4.78 is 13.5. The minimum Gasteiger partial charge on any atom is -0.322 e. The molecule has 0 spiro atoms. The number of nitro benzene ring substituents is 1. The third-order valence-corrected chi connectivity index (χ3v) is 4.04. The van der Waals surface area contributed by atoms with Crippen LogP contribution in [0.1, 0.15) is 10.4 Å². The number of amides is 1. The van der Waals surface area contributed by atoms with E-state index in [9.17, 15) is 19.3 Å². The van der Waals surface area contributed by atoms with Gasteiger partial charge in [0, 0.05) is 17.8 Å². The molecule has 0 radical (unpaired) electrons. The molecular weight excluding hydrogens is 359 g/mol. The van der Waals surface area contributed by atoms with Crippen LogP contribution >= 0.6 is 11.6 Å². The predicted octanol–water partition coefficient (Wildman–Crippen LogP) is 5.31. The number of carbonyl (C=O) groups excluding carboxylic acids is 1. The summed E-state index contributed by atoms with van der Waals surface area (Å²) in [5.74, 6) is -1.76.